The van der Waals surface area contributed by atoms with Gasteiger partial charge in [-0.1, -0.05) is 31.1 Å². The molecule has 2 rings (SSSR count). The molecule has 0 amide bonds. The molecule has 0 radical (unpaired) electrons. The van der Waals surface area contributed by atoms with Crippen molar-refractivity contribution in [2.24, 2.45) is 5.14 Å². The first-order valence-electron chi connectivity index (χ1n) is 6.68. The molecule has 2 N–H and O–H groups in total. The van der Waals surface area contributed by atoms with Gasteiger partial charge in [-0.05, 0) is 42.5 Å². The average Bonchev–Trinajstić information content (AvgIpc) is 2.38. The van der Waals surface area contributed by atoms with Crippen LogP contribution in [0.2, 0.25) is 0 Å². The lowest BCUT2D eigenvalue weighted by Gasteiger charge is -2.05. The van der Waals surface area contributed by atoms with Crippen molar-refractivity contribution in [2.75, 3.05) is 0 Å². The molecule has 21 heavy (non-hydrogen) atoms. The number of nitrogens with two attached hydrogens (primary N) is 1. The van der Waals surface area contributed by atoms with Crippen molar-refractivity contribution in [3.8, 4) is 5.75 Å². The van der Waals surface area contributed by atoms with Gasteiger partial charge in [0.15, 0.2) is 0 Å². The van der Waals surface area contributed by atoms with E-state index in [2.05, 4.69) is 11.1 Å². The third-order valence-electron chi connectivity index (χ3n) is 3.04. The predicted molar refractivity (Wildman–Crippen MR) is 85.1 cm³/mol. The average molecular weight is 327 g/mol. The highest BCUT2D eigenvalue weighted by Gasteiger charge is 2.08. The zero-order valence-corrected chi connectivity index (χ0v) is 13.3. The second-order valence-corrected chi connectivity index (χ2v) is 6.96. The van der Waals surface area contributed by atoms with Crippen LogP contribution in [0.15, 0.2) is 29.1 Å². The summed E-state index contributed by atoms with van der Waals surface area (Å²) in [6.45, 7) is 2.12. The second kappa shape index (κ2) is 6.55. The van der Waals surface area contributed by atoms with E-state index in [0.717, 1.165) is 48.0 Å². The van der Waals surface area contributed by atoms with Crippen LogP contribution in [0.4, 0.5) is 0 Å². The number of hydrogen-bond acceptors (Lipinski definition) is 5. The first-order chi connectivity index (χ1) is 9.89. The van der Waals surface area contributed by atoms with Crippen molar-refractivity contribution in [1.82, 2.24) is 0 Å². The second-order valence-electron chi connectivity index (χ2n) is 4.79. The van der Waals surface area contributed by atoms with Crippen LogP contribution in [0, 0.1) is 0 Å². The SMILES string of the molecule is CCCCCc1cc2ccc(OS(N)(=O)=O)cc2sc1=O. The van der Waals surface area contributed by atoms with Gasteiger partial charge in [-0.25, -0.2) is 0 Å². The van der Waals surface area contributed by atoms with Crippen LogP contribution in [0.5, 0.6) is 5.75 Å². The molecule has 1 aromatic heterocycles. The summed E-state index contributed by atoms with van der Waals surface area (Å²) in [6, 6.07) is 6.64. The zero-order chi connectivity index (χ0) is 15.5. The van der Waals surface area contributed by atoms with Gasteiger partial charge in [-0.2, -0.15) is 13.6 Å². The Bertz CT molecular complexity index is 796. The van der Waals surface area contributed by atoms with Gasteiger partial charge in [0, 0.05) is 10.3 Å². The van der Waals surface area contributed by atoms with Crippen LogP contribution < -0.4 is 14.1 Å². The Balaban J connectivity index is 2.33. The fourth-order valence-electron chi connectivity index (χ4n) is 2.06. The van der Waals surface area contributed by atoms with E-state index in [9.17, 15) is 13.2 Å². The molecule has 1 aromatic carbocycles. The van der Waals surface area contributed by atoms with Crippen molar-refractivity contribution >= 4 is 31.7 Å². The Morgan fingerprint density at radius 1 is 1.24 bits per heavy atom. The molecule has 5 nitrogen and oxygen atoms in total. The van der Waals surface area contributed by atoms with Crippen molar-refractivity contribution < 1.29 is 12.6 Å². The molecular formula is C14H17NO4S2. The number of hydrogen-bond donors (Lipinski definition) is 1. The molecule has 0 fully saturated rings. The van der Waals surface area contributed by atoms with Gasteiger partial charge < -0.3 is 4.18 Å². The molecule has 0 aliphatic rings. The highest BCUT2D eigenvalue weighted by Crippen LogP contribution is 2.24. The molecule has 1 heterocycles. The summed E-state index contributed by atoms with van der Waals surface area (Å²) < 4.78 is 27.1. The topological polar surface area (TPSA) is 86.5 Å². The number of rotatable bonds is 6. The lowest BCUT2D eigenvalue weighted by molar-refractivity contribution is 0.488. The minimum Gasteiger partial charge on any atom is -0.371 e. The lowest BCUT2D eigenvalue weighted by Crippen LogP contribution is -2.18. The van der Waals surface area contributed by atoms with E-state index in [0.29, 0.717) is 4.70 Å². The predicted octanol–water partition coefficient (Wildman–Crippen LogP) is 2.58. The Hall–Kier alpha value is -1.44. The number of fused-ring (bicyclic) bond motifs is 1. The van der Waals surface area contributed by atoms with E-state index in [1.165, 1.54) is 12.1 Å². The van der Waals surface area contributed by atoms with Crippen LogP contribution in [0.1, 0.15) is 31.7 Å². The van der Waals surface area contributed by atoms with Crippen molar-refractivity contribution in [1.29, 1.82) is 0 Å². The summed E-state index contributed by atoms with van der Waals surface area (Å²) >= 11 is 1.10. The largest absolute Gasteiger partial charge is 0.380 e. The van der Waals surface area contributed by atoms with E-state index in [1.807, 2.05) is 6.07 Å². The maximum absolute atomic E-state index is 12.1. The normalized spacial score (nSPS) is 11.7. The van der Waals surface area contributed by atoms with E-state index < -0.39 is 10.3 Å². The molecule has 0 unspecified atom stereocenters. The van der Waals surface area contributed by atoms with Crippen LogP contribution >= 0.6 is 11.3 Å². The van der Waals surface area contributed by atoms with Gasteiger partial charge in [-0.15, -0.1) is 0 Å². The highest BCUT2D eigenvalue weighted by molar-refractivity contribution is 7.84. The Morgan fingerprint density at radius 2 is 2.00 bits per heavy atom. The maximum Gasteiger partial charge on any atom is 0.380 e. The molecule has 2 aromatic rings. The molecule has 114 valence electrons. The first kappa shape index (κ1) is 15.9. The van der Waals surface area contributed by atoms with E-state index >= 15 is 0 Å². The quantitative estimate of drug-likeness (QED) is 0.826. The Kier molecular flexibility index (Phi) is 4.97. The summed E-state index contributed by atoms with van der Waals surface area (Å²) in [5.41, 5.74) is 0.807. The van der Waals surface area contributed by atoms with E-state index in [4.69, 9.17) is 5.14 Å². The lowest BCUT2D eigenvalue weighted by atomic mass is 10.1. The van der Waals surface area contributed by atoms with Gasteiger partial charge in [0.25, 0.3) is 0 Å². The number of unbranched alkanes of at least 4 members (excludes halogenated alkanes) is 2. The van der Waals surface area contributed by atoms with Gasteiger partial charge >= 0.3 is 10.3 Å². The monoisotopic (exact) mass is 327 g/mol. The molecule has 0 atom stereocenters. The highest BCUT2D eigenvalue weighted by atomic mass is 32.2. The number of benzene rings is 1. The minimum atomic E-state index is -4.05. The first-order valence-corrected chi connectivity index (χ1v) is 8.97. The molecule has 0 saturated carbocycles. The van der Waals surface area contributed by atoms with Gasteiger partial charge in [-0.3, -0.25) is 4.79 Å². The van der Waals surface area contributed by atoms with Gasteiger partial charge in [0.2, 0.25) is 4.74 Å². The smallest absolute Gasteiger partial charge is 0.371 e. The van der Waals surface area contributed by atoms with Crippen LogP contribution in [0.3, 0.4) is 0 Å². The molecule has 7 heteroatoms. The van der Waals surface area contributed by atoms with Crippen LogP contribution in [-0.4, -0.2) is 8.42 Å². The Labute approximate surface area is 127 Å². The summed E-state index contributed by atoms with van der Waals surface area (Å²) in [5.74, 6) is 0.111. The van der Waals surface area contributed by atoms with Crippen molar-refractivity contribution in [3.63, 3.8) is 0 Å². The number of aryl methyl sites for hydroxylation is 1. The third kappa shape index (κ3) is 4.52. The fraction of sp³-hybridized carbons (Fsp3) is 0.357. The van der Waals surface area contributed by atoms with Gasteiger partial charge in [0.1, 0.15) is 5.75 Å². The fourth-order valence-corrected chi connectivity index (χ4v) is 3.34. The summed E-state index contributed by atoms with van der Waals surface area (Å²) in [5, 5.41) is 5.72. The zero-order valence-electron chi connectivity index (χ0n) is 11.7. The summed E-state index contributed by atoms with van der Waals surface area (Å²) in [4.78, 5) is 12.1. The molecule has 0 spiro atoms. The molecule has 0 aliphatic carbocycles. The van der Waals surface area contributed by atoms with Crippen molar-refractivity contribution in [2.45, 2.75) is 32.6 Å². The minimum absolute atomic E-state index is 0.00589. The molecule has 0 aliphatic heterocycles. The molecule has 0 bridgehead atoms. The molecule has 0 saturated heterocycles. The van der Waals surface area contributed by atoms with Crippen LogP contribution in [0.25, 0.3) is 10.1 Å². The molecular weight excluding hydrogens is 310 g/mol. The Morgan fingerprint density at radius 3 is 2.67 bits per heavy atom. The van der Waals surface area contributed by atoms with Gasteiger partial charge in [0.05, 0.1) is 0 Å². The van der Waals surface area contributed by atoms with E-state index in [-0.39, 0.29) is 10.5 Å². The van der Waals surface area contributed by atoms with Crippen LogP contribution in [-0.2, 0) is 16.7 Å². The maximum atomic E-state index is 12.1. The third-order valence-corrected chi connectivity index (χ3v) is 4.49. The summed E-state index contributed by atoms with van der Waals surface area (Å²) in [7, 11) is -4.05. The standard InChI is InChI=1S/C14H17NO4S2/c1-2-3-4-5-11-8-10-6-7-12(19-21(15,17)18)9-13(10)20-14(11)16/h6-9H,2-5H2,1H3,(H2,15,17,18). The van der Waals surface area contributed by atoms with E-state index in [1.54, 1.807) is 6.07 Å². The summed E-state index contributed by atoms with van der Waals surface area (Å²) in [6.07, 6.45) is 3.98. The van der Waals surface area contributed by atoms with Crippen molar-refractivity contribution in [3.05, 3.63) is 39.4 Å².